The van der Waals surface area contributed by atoms with Gasteiger partial charge in [0.1, 0.15) is 5.75 Å². The molecule has 0 radical (unpaired) electrons. The van der Waals surface area contributed by atoms with Gasteiger partial charge in [-0.25, -0.2) is 0 Å². The van der Waals surface area contributed by atoms with Crippen LogP contribution in [0.4, 0.5) is 0 Å². The fraction of sp³-hybridized carbons (Fsp3) is 0.700. The molecule has 0 aliphatic rings. The molecule has 1 aromatic rings. The van der Waals surface area contributed by atoms with Crippen LogP contribution in [0.15, 0.2) is 24.3 Å². The van der Waals surface area contributed by atoms with Crippen molar-refractivity contribution in [1.29, 1.82) is 0 Å². The molecular formula is C20H40O7P2S2. The molecule has 184 valence electrons. The maximum absolute atomic E-state index is 7.56. The zero-order chi connectivity index (χ0) is 24.2. The Morgan fingerprint density at radius 3 is 1.48 bits per heavy atom. The highest BCUT2D eigenvalue weighted by atomic mass is 32.5. The Labute approximate surface area is 197 Å². The molecular weight excluding hydrogens is 478 g/mol. The summed E-state index contributed by atoms with van der Waals surface area (Å²) < 4.78 is 5.68. The molecule has 11 heteroatoms. The quantitative estimate of drug-likeness (QED) is 0.159. The first-order valence-corrected chi connectivity index (χ1v) is 16.0. The van der Waals surface area contributed by atoms with E-state index < -0.39 is 13.4 Å². The molecule has 7 nitrogen and oxygen atoms in total. The smallest absolute Gasteiger partial charge is 0.319 e. The van der Waals surface area contributed by atoms with Gasteiger partial charge in [-0.3, -0.25) is 0 Å². The Morgan fingerprint density at radius 2 is 1.06 bits per heavy atom. The van der Waals surface area contributed by atoms with Gasteiger partial charge in [0.05, 0.1) is 6.61 Å². The van der Waals surface area contributed by atoms with E-state index in [9.17, 15) is 0 Å². The minimum absolute atomic E-state index is 0.759. The zero-order valence-corrected chi connectivity index (χ0v) is 22.0. The summed E-state index contributed by atoms with van der Waals surface area (Å²) >= 11 is 7.21. The highest BCUT2D eigenvalue weighted by molar-refractivity contribution is 8.06. The van der Waals surface area contributed by atoms with E-state index in [0.717, 1.165) is 18.8 Å². The van der Waals surface area contributed by atoms with Gasteiger partial charge in [-0.05, 0) is 55.0 Å². The monoisotopic (exact) mass is 518 g/mol. The van der Waals surface area contributed by atoms with Gasteiger partial charge < -0.3 is 34.1 Å². The fourth-order valence-corrected chi connectivity index (χ4v) is 2.81. The summed E-state index contributed by atoms with van der Waals surface area (Å²) in [7, 11) is 0. The Hall–Kier alpha value is 0.0800. The summed E-state index contributed by atoms with van der Waals surface area (Å²) in [4.78, 5) is 45.3. The zero-order valence-electron chi connectivity index (χ0n) is 18.6. The van der Waals surface area contributed by atoms with Crippen LogP contribution in [-0.4, -0.2) is 36.0 Å². The van der Waals surface area contributed by atoms with Gasteiger partial charge in [-0.1, -0.05) is 82.9 Å². The topological polar surface area (TPSA) is 131 Å². The average molecular weight is 519 g/mol. The van der Waals surface area contributed by atoms with Crippen molar-refractivity contribution < 1.29 is 34.1 Å². The van der Waals surface area contributed by atoms with Crippen molar-refractivity contribution in [2.45, 2.75) is 84.5 Å². The predicted octanol–water partition coefficient (Wildman–Crippen LogP) is 4.92. The van der Waals surface area contributed by atoms with Crippen molar-refractivity contribution in [3.05, 3.63) is 29.8 Å². The third kappa shape index (κ3) is 34.9. The van der Waals surface area contributed by atoms with E-state index >= 15 is 0 Å². The molecule has 0 saturated carbocycles. The molecule has 1 aromatic carbocycles. The number of hydrogen-bond acceptors (Lipinski definition) is 3. The number of ether oxygens (including phenoxy) is 1. The maximum atomic E-state index is 7.56. The Morgan fingerprint density at radius 1 is 0.677 bits per heavy atom. The molecule has 0 fully saturated rings. The summed E-state index contributed by atoms with van der Waals surface area (Å²) in [5.74, 6) is 1.08. The minimum atomic E-state index is -3.81. The molecule has 0 unspecified atom stereocenters. The van der Waals surface area contributed by atoms with Crippen molar-refractivity contribution in [3.63, 3.8) is 0 Å². The van der Waals surface area contributed by atoms with Gasteiger partial charge in [0.15, 0.2) is 0 Å². The predicted molar refractivity (Wildman–Crippen MR) is 135 cm³/mol. The molecule has 0 bridgehead atoms. The van der Waals surface area contributed by atoms with Crippen molar-refractivity contribution in [2.75, 3.05) is 6.61 Å². The first-order chi connectivity index (χ1) is 14.4. The Kier molecular flexibility index (Phi) is 22.2. The second-order valence-corrected chi connectivity index (χ2v) is 12.0. The van der Waals surface area contributed by atoms with E-state index in [1.165, 1.54) is 69.8 Å². The molecule has 0 saturated heterocycles. The summed E-state index contributed by atoms with van der Waals surface area (Å²) in [6.45, 7) is -2.52. The average Bonchev–Trinajstić information content (AvgIpc) is 2.62. The van der Waals surface area contributed by atoms with Crippen LogP contribution in [0, 0.1) is 0 Å². The summed E-state index contributed by atoms with van der Waals surface area (Å²) in [6.07, 6.45) is 15.1. The molecule has 0 aliphatic heterocycles. The van der Waals surface area contributed by atoms with Crippen LogP contribution in [0.5, 0.6) is 5.75 Å². The van der Waals surface area contributed by atoms with Crippen LogP contribution in [-0.2, 0) is 30.0 Å². The van der Waals surface area contributed by atoms with Gasteiger partial charge in [0.25, 0.3) is 0 Å². The molecule has 0 aromatic heterocycles. The van der Waals surface area contributed by atoms with E-state index in [0.29, 0.717) is 0 Å². The highest BCUT2D eigenvalue weighted by Gasteiger charge is 2.02. The molecule has 6 N–H and O–H groups in total. The van der Waals surface area contributed by atoms with Crippen molar-refractivity contribution >= 4 is 37.1 Å². The van der Waals surface area contributed by atoms with E-state index in [1.54, 1.807) is 0 Å². The van der Waals surface area contributed by atoms with Gasteiger partial charge in [-0.2, -0.15) is 0 Å². The van der Waals surface area contributed by atoms with Crippen molar-refractivity contribution in [2.24, 2.45) is 0 Å². The Balaban J connectivity index is 0. The first-order valence-electron chi connectivity index (χ1n) is 10.7. The van der Waals surface area contributed by atoms with Crippen molar-refractivity contribution in [1.82, 2.24) is 0 Å². The first kappa shape index (κ1) is 33.3. The Bertz CT molecular complexity index is 599. The molecule has 0 amide bonds. The fourth-order valence-electron chi connectivity index (χ4n) is 2.81. The lowest BCUT2D eigenvalue weighted by atomic mass is 10.0. The van der Waals surface area contributed by atoms with Gasteiger partial charge in [0, 0.05) is 0 Å². The van der Waals surface area contributed by atoms with Crippen LogP contribution in [0.2, 0.25) is 0 Å². The lowest BCUT2D eigenvalue weighted by Gasteiger charge is -2.09. The molecule has 0 aliphatic carbocycles. The number of rotatable bonds is 13. The van der Waals surface area contributed by atoms with Crippen LogP contribution in [0.25, 0.3) is 0 Å². The number of unbranched alkanes of at least 4 members (excludes halogenated alkanes) is 9. The summed E-state index contributed by atoms with van der Waals surface area (Å²) in [5, 5.41) is 0. The number of hydrogen-bond donors (Lipinski definition) is 6. The summed E-state index contributed by atoms with van der Waals surface area (Å²) in [5.41, 5.74) is 1.37. The van der Waals surface area contributed by atoms with Crippen LogP contribution >= 0.6 is 13.4 Å². The molecule has 0 spiro atoms. The standard InChI is InChI=1S/C20H34O.2H3O3PS/c1-3-5-6-7-8-9-10-11-12-13-16-19-17-14-15-18-20(19)21-4-2;2*1-4(2,3)5/h14-15,17-18H,3-13,16H2,1-2H3;2*(H3,1,2,3,5). The van der Waals surface area contributed by atoms with Crippen molar-refractivity contribution in [3.8, 4) is 5.75 Å². The van der Waals surface area contributed by atoms with E-state index in [1.807, 2.05) is 0 Å². The second kappa shape index (κ2) is 20.7. The minimum Gasteiger partial charge on any atom is -0.494 e. The van der Waals surface area contributed by atoms with Gasteiger partial charge in [0.2, 0.25) is 0 Å². The second-order valence-electron chi connectivity index (χ2n) is 7.00. The van der Waals surface area contributed by atoms with Gasteiger partial charge >= 0.3 is 13.4 Å². The van der Waals surface area contributed by atoms with Crippen LogP contribution in [0.1, 0.15) is 83.6 Å². The highest BCUT2D eigenvalue weighted by Crippen LogP contribution is 2.27. The van der Waals surface area contributed by atoms with Gasteiger partial charge in [-0.15, -0.1) is 0 Å². The normalized spacial score (nSPS) is 11.1. The molecule has 0 heterocycles. The third-order valence-corrected chi connectivity index (χ3v) is 4.07. The SMILES string of the molecule is CCCCCCCCCCCCc1ccccc1OCC.OP(O)(O)=S.OP(O)(O)=S. The van der Waals surface area contributed by atoms with Crippen LogP contribution < -0.4 is 4.74 Å². The molecule has 0 atom stereocenters. The maximum Gasteiger partial charge on any atom is 0.319 e. The number of para-hydroxylation sites is 1. The van der Waals surface area contributed by atoms with E-state index in [-0.39, 0.29) is 0 Å². The van der Waals surface area contributed by atoms with Crippen LogP contribution in [0.3, 0.4) is 0 Å². The molecule has 1 rings (SSSR count). The number of aryl methyl sites for hydroxylation is 1. The van der Waals surface area contributed by atoms with E-state index in [4.69, 9.17) is 34.1 Å². The lowest BCUT2D eigenvalue weighted by Crippen LogP contribution is -1.96. The largest absolute Gasteiger partial charge is 0.494 e. The van der Waals surface area contributed by atoms with E-state index in [2.05, 4.69) is 61.7 Å². The third-order valence-electron chi connectivity index (χ3n) is 4.07. The summed E-state index contributed by atoms with van der Waals surface area (Å²) in [6, 6.07) is 8.48. The number of benzene rings is 1. The molecule has 31 heavy (non-hydrogen) atoms. The lowest BCUT2D eigenvalue weighted by molar-refractivity contribution is 0.336.